The summed E-state index contributed by atoms with van der Waals surface area (Å²) >= 11 is 0. The van der Waals surface area contributed by atoms with Gasteiger partial charge in [-0.05, 0) is 42.5 Å². The van der Waals surface area contributed by atoms with Crippen molar-refractivity contribution >= 4 is 18.0 Å². The molecule has 0 spiro atoms. The molecule has 0 bridgehead atoms. The average Bonchev–Trinajstić information content (AvgIpc) is 3.00. The van der Waals surface area contributed by atoms with E-state index in [4.69, 9.17) is 25.0 Å². The van der Waals surface area contributed by atoms with Gasteiger partial charge in [-0.15, -0.1) is 0 Å². The number of carbonyl (C=O) groups excluding carboxylic acids is 3. The molecule has 1 aliphatic rings. The van der Waals surface area contributed by atoms with Crippen LogP contribution in [-0.2, 0) is 19.2 Å². The van der Waals surface area contributed by atoms with Gasteiger partial charge in [-0.2, -0.15) is 5.48 Å². The zero-order valence-corrected chi connectivity index (χ0v) is 21.4. The average molecular weight is 534 g/mol. The first-order chi connectivity index (χ1) is 19.1. The van der Waals surface area contributed by atoms with Crippen molar-refractivity contribution in [1.29, 1.82) is 0 Å². The zero-order chi connectivity index (χ0) is 27.5. The van der Waals surface area contributed by atoms with Gasteiger partial charge in [-0.1, -0.05) is 72.8 Å². The largest absolute Gasteiger partial charge is 0.489 e. The molecule has 0 unspecified atom stereocenters. The van der Waals surface area contributed by atoms with Gasteiger partial charge in [-0.25, -0.2) is 15.5 Å². The van der Waals surface area contributed by atoms with E-state index in [1.807, 2.05) is 60.7 Å². The Kier molecular flexibility index (Phi) is 9.87. The number of hydroxylamine groups is 1. The topological polar surface area (TPSA) is 129 Å². The summed E-state index contributed by atoms with van der Waals surface area (Å²) in [4.78, 5) is 49.4. The second kappa shape index (κ2) is 13.9. The van der Waals surface area contributed by atoms with Crippen molar-refractivity contribution in [2.24, 2.45) is 5.90 Å². The van der Waals surface area contributed by atoms with Crippen molar-refractivity contribution in [1.82, 2.24) is 10.4 Å². The van der Waals surface area contributed by atoms with Crippen LogP contribution in [0.1, 0.15) is 46.9 Å². The van der Waals surface area contributed by atoms with E-state index in [2.05, 4.69) is 5.48 Å². The normalized spacial score (nSPS) is 13.8. The molecule has 2 amide bonds. The van der Waals surface area contributed by atoms with Crippen molar-refractivity contribution in [2.75, 3.05) is 19.7 Å². The van der Waals surface area contributed by atoms with Crippen LogP contribution < -0.4 is 16.1 Å². The van der Waals surface area contributed by atoms with Crippen LogP contribution >= 0.6 is 0 Å². The summed E-state index contributed by atoms with van der Waals surface area (Å²) in [5.41, 5.74) is 3.81. The SMILES string of the molecule is NO[C@@H](COc1ccccc1C(=O)NOC(=O)N1CCCCC1)C(=O)OC(c1ccccc1)c1ccccc1. The molecule has 0 aromatic heterocycles. The lowest BCUT2D eigenvalue weighted by Gasteiger charge is -2.25. The van der Waals surface area contributed by atoms with E-state index >= 15 is 0 Å². The van der Waals surface area contributed by atoms with Gasteiger partial charge < -0.3 is 19.2 Å². The number of nitrogens with zero attached hydrogens (tertiary/aromatic N) is 1. The Balaban J connectivity index is 1.38. The molecule has 10 heteroatoms. The Bertz CT molecular complexity index is 1190. The minimum absolute atomic E-state index is 0.0968. The zero-order valence-electron chi connectivity index (χ0n) is 21.4. The highest BCUT2D eigenvalue weighted by Crippen LogP contribution is 2.27. The van der Waals surface area contributed by atoms with Crippen LogP contribution in [0.15, 0.2) is 84.9 Å². The lowest BCUT2D eigenvalue weighted by molar-refractivity contribution is -0.163. The van der Waals surface area contributed by atoms with Crippen molar-refractivity contribution in [3.8, 4) is 5.75 Å². The van der Waals surface area contributed by atoms with Gasteiger partial charge in [0.2, 0.25) is 6.10 Å². The number of likely N-dealkylation sites (tertiary alicyclic amines) is 1. The summed E-state index contributed by atoms with van der Waals surface area (Å²) in [5, 5.41) is 0. The summed E-state index contributed by atoms with van der Waals surface area (Å²) in [7, 11) is 0. The molecule has 3 aromatic rings. The predicted molar refractivity (Wildman–Crippen MR) is 141 cm³/mol. The maximum atomic E-state index is 13.1. The summed E-state index contributed by atoms with van der Waals surface area (Å²) in [5.74, 6) is 4.13. The van der Waals surface area contributed by atoms with E-state index in [1.54, 1.807) is 17.0 Å². The van der Waals surface area contributed by atoms with Crippen molar-refractivity contribution in [2.45, 2.75) is 31.5 Å². The number of nitrogens with two attached hydrogens (primary N) is 1. The molecule has 10 nitrogen and oxygen atoms in total. The fourth-order valence-electron chi connectivity index (χ4n) is 4.17. The fraction of sp³-hybridized carbons (Fsp3) is 0.276. The first kappa shape index (κ1) is 27.6. The molecule has 1 atom stereocenters. The van der Waals surface area contributed by atoms with Crippen molar-refractivity contribution in [3.05, 3.63) is 102 Å². The number of carbonyl (C=O) groups is 3. The Morgan fingerprint density at radius 1 is 0.821 bits per heavy atom. The number of hydrogen-bond donors (Lipinski definition) is 2. The molecular weight excluding hydrogens is 502 g/mol. The van der Waals surface area contributed by atoms with E-state index in [1.165, 1.54) is 12.1 Å². The molecule has 4 rings (SSSR count). The second-order valence-electron chi connectivity index (χ2n) is 8.92. The summed E-state index contributed by atoms with van der Waals surface area (Å²) < 4.78 is 11.5. The minimum atomic E-state index is -1.28. The molecule has 0 saturated carbocycles. The molecule has 1 saturated heterocycles. The maximum Gasteiger partial charge on any atom is 0.434 e. The second-order valence-corrected chi connectivity index (χ2v) is 8.92. The van der Waals surface area contributed by atoms with Crippen LogP contribution in [0.4, 0.5) is 4.79 Å². The first-order valence-corrected chi connectivity index (χ1v) is 12.7. The van der Waals surface area contributed by atoms with Crippen LogP contribution in [0.25, 0.3) is 0 Å². The molecule has 0 aliphatic carbocycles. The molecule has 3 aromatic carbocycles. The van der Waals surface area contributed by atoms with Gasteiger partial charge >= 0.3 is 12.1 Å². The highest BCUT2D eigenvalue weighted by atomic mass is 16.7. The summed E-state index contributed by atoms with van der Waals surface area (Å²) in [6, 6.07) is 24.9. The molecule has 1 aliphatic heterocycles. The Morgan fingerprint density at radius 2 is 1.41 bits per heavy atom. The number of para-hydroxylation sites is 1. The molecule has 0 radical (unpaired) electrons. The lowest BCUT2D eigenvalue weighted by Crippen LogP contribution is -2.40. The number of piperidine rings is 1. The third kappa shape index (κ3) is 7.56. The predicted octanol–water partition coefficient (Wildman–Crippen LogP) is 3.92. The van der Waals surface area contributed by atoms with E-state index in [0.717, 1.165) is 30.4 Å². The van der Waals surface area contributed by atoms with Gasteiger partial charge in [-0.3, -0.25) is 9.63 Å². The Morgan fingerprint density at radius 3 is 2.03 bits per heavy atom. The Labute approximate surface area is 226 Å². The molecule has 1 fully saturated rings. The van der Waals surface area contributed by atoms with Gasteiger partial charge in [0.15, 0.2) is 6.10 Å². The lowest BCUT2D eigenvalue weighted by atomic mass is 10.0. The number of amides is 2. The number of ether oxygens (including phenoxy) is 2. The maximum absolute atomic E-state index is 13.1. The quantitative estimate of drug-likeness (QED) is 0.313. The van der Waals surface area contributed by atoms with Gasteiger partial charge in [0.1, 0.15) is 12.4 Å². The molecule has 3 N–H and O–H groups in total. The Hall–Kier alpha value is -4.41. The van der Waals surface area contributed by atoms with Gasteiger partial charge in [0, 0.05) is 13.1 Å². The van der Waals surface area contributed by atoms with Crippen LogP contribution in [-0.4, -0.2) is 48.7 Å². The third-order valence-corrected chi connectivity index (χ3v) is 6.23. The van der Waals surface area contributed by atoms with Crippen LogP contribution in [0.5, 0.6) is 5.75 Å². The first-order valence-electron chi connectivity index (χ1n) is 12.7. The van der Waals surface area contributed by atoms with Gasteiger partial charge in [0.05, 0.1) is 5.56 Å². The van der Waals surface area contributed by atoms with Crippen molar-refractivity contribution in [3.63, 3.8) is 0 Å². The van der Waals surface area contributed by atoms with Gasteiger partial charge in [0.25, 0.3) is 5.91 Å². The molecule has 204 valence electrons. The molecule has 39 heavy (non-hydrogen) atoms. The van der Waals surface area contributed by atoms with E-state index in [9.17, 15) is 14.4 Å². The number of rotatable bonds is 9. The standard InChI is InChI=1S/C29H31N3O7/c30-38-25(28(34)37-26(21-12-4-1-5-13-21)22-14-6-2-7-15-22)20-36-24-17-9-8-16-23(24)27(33)31-39-29(35)32-18-10-3-11-19-32/h1-2,4-9,12-17,25-26H,3,10-11,18-20,30H2,(H,31,33)/t25-/m0/s1. The van der Waals surface area contributed by atoms with E-state index in [-0.39, 0.29) is 17.9 Å². The minimum Gasteiger partial charge on any atom is -0.489 e. The van der Waals surface area contributed by atoms with Crippen LogP contribution in [0.2, 0.25) is 0 Å². The van der Waals surface area contributed by atoms with Crippen LogP contribution in [0.3, 0.4) is 0 Å². The summed E-state index contributed by atoms with van der Waals surface area (Å²) in [6.07, 6.45) is 0.250. The van der Waals surface area contributed by atoms with E-state index < -0.39 is 30.2 Å². The number of hydrogen-bond acceptors (Lipinski definition) is 8. The monoisotopic (exact) mass is 533 g/mol. The van der Waals surface area contributed by atoms with E-state index in [0.29, 0.717) is 13.1 Å². The number of benzene rings is 3. The smallest absolute Gasteiger partial charge is 0.434 e. The third-order valence-electron chi connectivity index (χ3n) is 6.23. The summed E-state index contributed by atoms with van der Waals surface area (Å²) in [6.45, 7) is 0.838. The van der Waals surface area contributed by atoms with Crippen LogP contribution in [0, 0.1) is 0 Å². The fourth-order valence-corrected chi connectivity index (χ4v) is 4.17. The highest BCUT2D eigenvalue weighted by molar-refractivity contribution is 5.96. The highest BCUT2D eigenvalue weighted by Gasteiger charge is 2.28. The molecular formula is C29H31N3O7. The number of esters is 1. The number of nitrogens with one attached hydrogen (secondary N) is 1. The van der Waals surface area contributed by atoms with Crippen molar-refractivity contribution < 1.29 is 33.5 Å². The molecule has 1 heterocycles.